The molecule has 0 spiro atoms. The van der Waals surface area contributed by atoms with Crippen LogP contribution in [0.5, 0.6) is 0 Å². The van der Waals surface area contributed by atoms with Gasteiger partial charge in [0.1, 0.15) is 5.82 Å². The molecular formula is C23H27N3S. The average Bonchev–Trinajstić information content (AvgIpc) is 3.12. The molecule has 0 amide bonds. The van der Waals surface area contributed by atoms with E-state index < -0.39 is 0 Å². The average molecular weight is 378 g/mol. The first-order valence-corrected chi connectivity index (χ1v) is 10.9. The Labute approximate surface area is 166 Å². The fraction of sp³-hybridized carbons (Fsp3) is 0.391. The van der Waals surface area contributed by atoms with Gasteiger partial charge in [-0.1, -0.05) is 73.0 Å². The SMILES string of the molecule is Cc1ccc(CSc2nnc(C3CCCCC3)n2-c2cccc(C)c2)cc1. The van der Waals surface area contributed by atoms with Gasteiger partial charge in [0.25, 0.3) is 0 Å². The number of aromatic nitrogens is 3. The highest BCUT2D eigenvalue weighted by Crippen LogP contribution is 2.35. The highest BCUT2D eigenvalue weighted by molar-refractivity contribution is 7.98. The molecule has 4 heteroatoms. The number of benzene rings is 2. The van der Waals surface area contributed by atoms with Crippen LogP contribution < -0.4 is 0 Å². The molecule has 0 N–H and O–H groups in total. The molecule has 0 unspecified atom stereocenters. The van der Waals surface area contributed by atoms with Crippen LogP contribution in [0.2, 0.25) is 0 Å². The van der Waals surface area contributed by atoms with Crippen molar-refractivity contribution in [3.8, 4) is 5.69 Å². The van der Waals surface area contributed by atoms with Crippen LogP contribution in [0, 0.1) is 13.8 Å². The van der Waals surface area contributed by atoms with E-state index in [9.17, 15) is 0 Å². The Morgan fingerprint density at radius 3 is 2.44 bits per heavy atom. The molecule has 2 aromatic carbocycles. The summed E-state index contributed by atoms with van der Waals surface area (Å²) in [6.45, 7) is 4.27. The fourth-order valence-corrected chi connectivity index (χ4v) is 4.76. The molecule has 140 valence electrons. The molecule has 3 aromatic rings. The fourth-order valence-electron chi connectivity index (χ4n) is 3.84. The Hall–Kier alpha value is -2.07. The Balaban J connectivity index is 1.65. The predicted molar refractivity (Wildman–Crippen MR) is 113 cm³/mol. The normalized spacial score (nSPS) is 15.2. The number of rotatable bonds is 5. The van der Waals surface area contributed by atoms with Crippen LogP contribution in [0.15, 0.2) is 53.7 Å². The van der Waals surface area contributed by atoms with E-state index in [0.29, 0.717) is 5.92 Å². The van der Waals surface area contributed by atoms with Gasteiger partial charge in [0, 0.05) is 17.4 Å². The zero-order valence-corrected chi connectivity index (χ0v) is 17.0. The molecule has 3 nitrogen and oxygen atoms in total. The number of hydrogen-bond acceptors (Lipinski definition) is 3. The van der Waals surface area contributed by atoms with Gasteiger partial charge in [-0.3, -0.25) is 4.57 Å². The summed E-state index contributed by atoms with van der Waals surface area (Å²) < 4.78 is 2.31. The molecule has 27 heavy (non-hydrogen) atoms. The van der Waals surface area contributed by atoms with Gasteiger partial charge in [-0.2, -0.15) is 0 Å². The molecule has 0 radical (unpaired) electrons. The molecule has 1 aromatic heterocycles. The summed E-state index contributed by atoms with van der Waals surface area (Å²) in [7, 11) is 0. The standard InChI is InChI=1S/C23H27N3S/c1-17-11-13-19(14-12-17)16-27-23-25-24-22(20-8-4-3-5-9-20)26(23)21-10-6-7-18(2)15-21/h6-7,10-15,20H,3-5,8-9,16H2,1-2H3. The van der Waals surface area contributed by atoms with Crippen LogP contribution in [-0.2, 0) is 5.75 Å². The summed E-state index contributed by atoms with van der Waals surface area (Å²) in [6, 6.07) is 17.5. The lowest BCUT2D eigenvalue weighted by atomic mass is 9.88. The lowest BCUT2D eigenvalue weighted by Gasteiger charge is -2.22. The maximum absolute atomic E-state index is 4.66. The van der Waals surface area contributed by atoms with Crippen molar-refractivity contribution in [2.75, 3.05) is 0 Å². The maximum atomic E-state index is 4.66. The number of hydrogen-bond donors (Lipinski definition) is 0. The third-order valence-corrected chi connectivity index (χ3v) is 6.38. The molecule has 1 aliphatic carbocycles. The molecule has 0 bridgehead atoms. The monoisotopic (exact) mass is 377 g/mol. The third-order valence-electron chi connectivity index (χ3n) is 5.38. The molecular weight excluding hydrogens is 350 g/mol. The smallest absolute Gasteiger partial charge is 0.196 e. The summed E-state index contributed by atoms with van der Waals surface area (Å²) in [5.41, 5.74) is 5.08. The van der Waals surface area contributed by atoms with E-state index in [2.05, 4.69) is 77.1 Å². The van der Waals surface area contributed by atoms with Crippen molar-refractivity contribution < 1.29 is 0 Å². The second-order valence-electron chi connectivity index (χ2n) is 7.62. The molecule has 0 atom stereocenters. The van der Waals surface area contributed by atoms with Crippen molar-refractivity contribution in [3.63, 3.8) is 0 Å². The Kier molecular flexibility index (Phi) is 5.63. The van der Waals surface area contributed by atoms with E-state index in [-0.39, 0.29) is 0 Å². The van der Waals surface area contributed by atoms with E-state index in [1.807, 2.05) is 0 Å². The molecule has 1 heterocycles. The quantitative estimate of drug-likeness (QED) is 0.494. The minimum Gasteiger partial charge on any atom is -0.274 e. The van der Waals surface area contributed by atoms with Crippen molar-refractivity contribution in [1.29, 1.82) is 0 Å². The van der Waals surface area contributed by atoms with Crippen LogP contribution in [0.1, 0.15) is 60.5 Å². The Bertz CT molecular complexity index is 892. The van der Waals surface area contributed by atoms with Crippen LogP contribution in [0.3, 0.4) is 0 Å². The lowest BCUT2D eigenvalue weighted by Crippen LogP contribution is -2.12. The van der Waals surface area contributed by atoms with Gasteiger partial charge in [-0.15, -0.1) is 10.2 Å². The highest BCUT2D eigenvalue weighted by atomic mass is 32.2. The summed E-state index contributed by atoms with van der Waals surface area (Å²) in [6.07, 6.45) is 6.41. The van der Waals surface area contributed by atoms with Crippen LogP contribution in [0.25, 0.3) is 5.69 Å². The number of aryl methyl sites for hydroxylation is 2. The van der Waals surface area contributed by atoms with Gasteiger partial charge >= 0.3 is 0 Å². The van der Waals surface area contributed by atoms with E-state index in [1.54, 1.807) is 11.8 Å². The van der Waals surface area contributed by atoms with Crippen molar-refractivity contribution in [2.24, 2.45) is 0 Å². The summed E-state index contributed by atoms with van der Waals surface area (Å²) in [5, 5.41) is 10.3. The molecule has 0 saturated heterocycles. The summed E-state index contributed by atoms with van der Waals surface area (Å²) >= 11 is 1.78. The Morgan fingerprint density at radius 2 is 1.70 bits per heavy atom. The summed E-state index contributed by atoms with van der Waals surface area (Å²) in [4.78, 5) is 0. The van der Waals surface area contributed by atoms with E-state index in [1.165, 1.54) is 54.5 Å². The minimum absolute atomic E-state index is 0.528. The first-order chi connectivity index (χ1) is 13.2. The van der Waals surface area contributed by atoms with Crippen molar-refractivity contribution in [2.45, 2.75) is 62.8 Å². The topological polar surface area (TPSA) is 30.7 Å². The zero-order chi connectivity index (χ0) is 18.6. The minimum atomic E-state index is 0.528. The molecule has 4 rings (SSSR count). The highest BCUT2D eigenvalue weighted by Gasteiger charge is 2.24. The largest absolute Gasteiger partial charge is 0.274 e. The van der Waals surface area contributed by atoms with Crippen LogP contribution >= 0.6 is 11.8 Å². The van der Waals surface area contributed by atoms with Crippen molar-refractivity contribution in [3.05, 3.63) is 71.0 Å². The lowest BCUT2D eigenvalue weighted by molar-refractivity contribution is 0.423. The van der Waals surface area contributed by atoms with Gasteiger partial charge in [-0.25, -0.2) is 0 Å². The zero-order valence-electron chi connectivity index (χ0n) is 16.2. The predicted octanol–water partition coefficient (Wildman–Crippen LogP) is 6.22. The van der Waals surface area contributed by atoms with Gasteiger partial charge < -0.3 is 0 Å². The van der Waals surface area contributed by atoms with E-state index in [4.69, 9.17) is 0 Å². The van der Waals surface area contributed by atoms with Crippen molar-refractivity contribution >= 4 is 11.8 Å². The van der Waals surface area contributed by atoms with E-state index in [0.717, 1.165) is 16.7 Å². The summed E-state index contributed by atoms with van der Waals surface area (Å²) in [5.74, 6) is 2.58. The van der Waals surface area contributed by atoms with Gasteiger partial charge in [0.2, 0.25) is 0 Å². The van der Waals surface area contributed by atoms with Gasteiger partial charge in [0.15, 0.2) is 5.16 Å². The molecule has 0 aliphatic heterocycles. The third kappa shape index (κ3) is 4.27. The second-order valence-corrected chi connectivity index (χ2v) is 8.57. The van der Waals surface area contributed by atoms with Gasteiger partial charge in [0.05, 0.1) is 0 Å². The van der Waals surface area contributed by atoms with E-state index >= 15 is 0 Å². The second kappa shape index (κ2) is 8.30. The van der Waals surface area contributed by atoms with Crippen LogP contribution in [0.4, 0.5) is 0 Å². The molecule has 1 fully saturated rings. The number of nitrogens with zero attached hydrogens (tertiary/aromatic N) is 3. The Morgan fingerprint density at radius 1 is 0.926 bits per heavy atom. The first-order valence-electron chi connectivity index (χ1n) is 9.91. The molecule has 1 aliphatic rings. The molecule has 1 saturated carbocycles. The maximum Gasteiger partial charge on any atom is 0.196 e. The van der Waals surface area contributed by atoms with Crippen LogP contribution in [-0.4, -0.2) is 14.8 Å². The number of thioether (sulfide) groups is 1. The van der Waals surface area contributed by atoms with Crippen molar-refractivity contribution in [1.82, 2.24) is 14.8 Å². The van der Waals surface area contributed by atoms with Gasteiger partial charge in [-0.05, 0) is 49.9 Å². The first kappa shape index (κ1) is 18.3.